The largest absolute Gasteiger partial charge is 0.340 e. The highest BCUT2D eigenvalue weighted by Crippen LogP contribution is 2.29. The highest BCUT2D eigenvalue weighted by Gasteiger charge is 2.13. The van der Waals surface area contributed by atoms with Crippen LogP contribution in [0.4, 0.5) is 11.5 Å². The molecule has 0 saturated heterocycles. The van der Waals surface area contributed by atoms with Crippen molar-refractivity contribution in [2.24, 2.45) is 0 Å². The summed E-state index contributed by atoms with van der Waals surface area (Å²) in [7, 11) is 0. The summed E-state index contributed by atoms with van der Waals surface area (Å²) in [6, 6.07) is 10.4. The van der Waals surface area contributed by atoms with Crippen LogP contribution in [-0.4, -0.2) is 9.97 Å². The summed E-state index contributed by atoms with van der Waals surface area (Å²) in [4.78, 5) is 9.40. The smallest absolute Gasteiger partial charge is 0.225 e. The summed E-state index contributed by atoms with van der Waals surface area (Å²) >= 11 is 7.53. The van der Waals surface area contributed by atoms with Gasteiger partial charge in [0.25, 0.3) is 0 Å². The molecule has 0 amide bonds. The van der Waals surface area contributed by atoms with Crippen LogP contribution in [0.15, 0.2) is 35.7 Å². The Hall–Kier alpha value is -1.65. The minimum absolute atomic E-state index is 0.150. The number of hydrogen-bond donors (Lipinski definition) is 1. The first-order valence-electron chi connectivity index (χ1n) is 6.72. The third-order valence-corrected chi connectivity index (χ3v) is 4.29. The van der Waals surface area contributed by atoms with Crippen molar-refractivity contribution in [1.29, 1.82) is 0 Å². The predicted octanol–water partition coefficient (Wildman–Crippen LogP) is 5.39. The summed E-state index contributed by atoms with van der Waals surface area (Å²) in [6.45, 7) is 6.61. The number of hydrogen-bond acceptors (Lipinski definition) is 4. The van der Waals surface area contributed by atoms with E-state index < -0.39 is 0 Å². The predicted molar refractivity (Wildman–Crippen MR) is 90.8 cm³/mol. The zero-order valence-electron chi connectivity index (χ0n) is 12.1. The molecule has 3 aromatic rings. The average molecular weight is 318 g/mol. The van der Waals surface area contributed by atoms with Crippen molar-refractivity contribution in [3.63, 3.8) is 0 Å². The number of benzene rings is 1. The fraction of sp³-hybridized carbons (Fsp3) is 0.250. The van der Waals surface area contributed by atoms with E-state index in [0.29, 0.717) is 0 Å². The molecule has 3 nitrogen and oxygen atoms in total. The summed E-state index contributed by atoms with van der Waals surface area (Å²) in [6.07, 6.45) is 0. The molecule has 0 atom stereocenters. The molecule has 1 N–H and O–H groups in total. The number of thiophene rings is 1. The van der Waals surface area contributed by atoms with Gasteiger partial charge < -0.3 is 5.32 Å². The number of rotatable bonds is 2. The Morgan fingerprint density at radius 2 is 1.76 bits per heavy atom. The molecule has 1 aromatic carbocycles. The minimum atomic E-state index is 0.150. The Morgan fingerprint density at radius 1 is 1.05 bits per heavy atom. The molecule has 0 aliphatic heterocycles. The highest BCUT2D eigenvalue weighted by atomic mass is 35.5. The van der Waals surface area contributed by atoms with Crippen LogP contribution in [0.2, 0.25) is 5.28 Å². The molecule has 0 fully saturated rings. The molecule has 2 aromatic heterocycles. The monoisotopic (exact) mass is 317 g/mol. The van der Waals surface area contributed by atoms with Gasteiger partial charge in [0.05, 0.1) is 5.39 Å². The Balaban J connectivity index is 1.93. The SMILES string of the molecule is CC(C)(C)c1ccc(Nc2nc(Cl)nc3sccc23)cc1. The first-order valence-corrected chi connectivity index (χ1v) is 7.97. The molecule has 0 saturated carbocycles. The molecule has 0 aliphatic rings. The van der Waals surface area contributed by atoms with Crippen LogP contribution in [0.25, 0.3) is 10.2 Å². The van der Waals surface area contributed by atoms with E-state index in [0.717, 1.165) is 21.7 Å². The minimum Gasteiger partial charge on any atom is -0.340 e. The lowest BCUT2D eigenvalue weighted by molar-refractivity contribution is 0.590. The fourth-order valence-corrected chi connectivity index (χ4v) is 3.10. The van der Waals surface area contributed by atoms with Crippen LogP contribution in [0, 0.1) is 0 Å². The van der Waals surface area contributed by atoms with Crippen molar-refractivity contribution in [1.82, 2.24) is 9.97 Å². The first kappa shape index (κ1) is 14.3. The van der Waals surface area contributed by atoms with E-state index in [4.69, 9.17) is 11.6 Å². The van der Waals surface area contributed by atoms with Gasteiger partial charge in [-0.3, -0.25) is 0 Å². The van der Waals surface area contributed by atoms with Crippen LogP contribution in [0.5, 0.6) is 0 Å². The van der Waals surface area contributed by atoms with Crippen molar-refractivity contribution in [2.75, 3.05) is 5.32 Å². The van der Waals surface area contributed by atoms with Gasteiger partial charge in [-0.1, -0.05) is 32.9 Å². The molecule has 3 rings (SSSR count). The zero-order valence-corrected chi connectivity index (χ0v) is 13.7. The van der Waals surface area contributed by atoms with Gasteiger partial charge in [-0.25, -0.2) is 4.98 Å². The summed E-state index contributed by atoms with van der Waals surface area (Å²) in [5, 5.41) is 6.57. The second-order valence-electron chi connectivity index (χ2n) is 5.93. The molecule has 0 unspecified atom stereocenters. The van der Waals surface area contributed by atoms with Gasteiger partial charge in [-0.05, 0) is 46.2 Å². The number of nitrogens with one attached hydrogen (secondary N) is 1. The van der Waals surface area contributed by atoms with E-state index in [1.807, 2.05) is 11.4 Å². The molecule has 21 heavy (non-hydrogen) atoms. The second kappa shape index (κ2) is 5.28. The maximum Gasteiger partial charge on any atom is 0.225 e. The van der Waals surface area contributed by atoms with E-state index in [1.165, 1.54) is 5.56 Å². The van der Waals surface area contributed by atoms with Gasteiger partial charge in [0.2, 0.25) is 5.28 Å². The Bertz CT molecular complexity index is 772. The zero-order chi connectivity index (χ0) is 15.0. The fourth-order valence-electron chi connectivity index (χ4n) is 2.11. The standard InChI is InChI=1S/C16H16ClN3S/c1-16(2,3)10-4-6-11(7-5-10)18-13-12-8-9-21-14(12)20-15(17)19-13/h4-9H,1-3H3,(H,18,19,20). The van der Waals surface area contributed by atoms with Crippen LogP contribution in [-0.2, 0) is 5.41 Å². The molecule has 0 spiro atoms. The Morgan fingerprint density at radius 3 is 2.43 bits per heavy atom. The number of halogens is 1. The molecular weight excluding hydrogens is 302 g/mol. The van der Waals surface area contributed by atoms with Crippen LogP contribution >= 0.6 is 22.9 Å². The lowest BCUT2D eigenvalue weighted by atomic mass is 9.87. The van der Waals surface area contributed by atoms with Crippen LogP contribution in [0.3, 0.4) is 0 Å². The average Bonchev–Trinajstić information content (AvgIpc) is 2.86. The van der Waals surface area contributed by atoms with Gasteiger partial charge >= 0.3 is 0 Å². The van der Waals surface area contributed by atoms with E-state index >= 15 is 0 Å². The van der Waals surface area contributed by atoms with Gasteiger partial charge in [-0.2, -0.15) is 4.98 Å². The van der Waals surface area contributed by atoms with Gasteiger partial charge in [0.1, 0.15) is 10.6 Å². The first-order chi connectivity index (χ1) is 9.93. The van der Waals surface area contributed by atoms with Gasteiger partial charge in [0.15, 0.2) is 0 Å². The quantitative estimate of drug-likeness (QED) is 0.644. The van der Waals surface area contributed by atoms with Gasteiger partial charge in [-0.15, -0.1) is 11.3 Å². The van der Waals surface area contributed by atoms with E-state index in [9.17, 15) is 0 Å². The van der Waals surface area contributed by atoms with Crippen molar-refractivity contribution >= 4 is 44.7 Å². The topological polar surface area (TPSA) is 37.8 Å². The molecule has 0 aliphatic carbocycles. The molecule has 108 valence electrons. The Kier molecular flexibility index (Phi) is 3.59. The second-order valence-corrected chi connectivity index (χ2v) is 7.17. The van der Waals surface area contributed by atoms with Crippen LogP contribution < -0.4 is 5.32 Å². The lowest BCUT2D eigenvalue weighted by Gasteiger charge is -2.19. The molecular formula is C16H16ClN3S. The summed E-state index contributed by atoms with van der Waals surface area (Å²) in [5.41, 5.74) is 2.44. The maximum atomic E-state index is 5.98. The number of anilines is 2. The molecule has 2 heterocycles. The third-order valence-electron chi connectivity index (χ3n) is 3.31. The van der Waals surface area contributed by atoms with Crippen molar-refractivity contribution in [3.05, 3.63) is 46.6 Å². The number of aromatic nitrogens is 2. The third kappa shape index (κ3) is 3.01. The van der Waals surface area contributed by atoms with Crippen LogP contribution in [0.1, 0.15) is 26.3 Å². The Labute approximate surface area is 133 Å². The molecule has 0 radical (unpaired) electrons. The van der Waals surface area contributed by atoms with Crippen molar-refractivity contribution in [2.45, 2.75) is 26.2 Å². The molecule has 5 heteroatoms. The lowest BCUT2D eigenvalue weighted by Crippen LogP contribution is -2.10. The summed E-state index contributed by atoms with van der Waals surface area (Å²) < 4.78 is 0. The summed E-state index contributed by atoms with van der Waals surface area (Å²) in [5.74, 6) is 0.745. The molecule has 0 bridgehead atoms. The number of fused-ring (bicyclic) bond motifs is 1. The maximum absolute atomic E-state index is 5.98. The van der Waals surface area contributed by atoms with Gasteiger partial charge in [0, 0.05) is 5.69 Å². The van der Waals surface area contributed by atoms with Crippen molar-refractivity contribution < 1.29 is 0 Å². The normalized spacial score (nSPS) is 11.8. The highest BCUT2D eigenvalue weighted by molar-refractivity contribution is 7.16. The number of nitrogens with zero attached hydrogens (tertiary/aromatic N) is 2. The van der Waals surface area contributed by atoms with E-state index in [2.05, 4.69) is 60.3 Å². The van der Waals surface area contributed by atoms with E-state index in [1.54, 1.807) is 11.3 Å². The van der Waals surface area contributed by atoms with E-state index in [-0.39, 0.29) is 10.7 Å². The van der Waals surface area contributed by atoms with Crippen molar-refractivity contribution in [3.8, 4) is 0 Å².